The number of esters is 1. The van der Waals surface area contributed by atoms with Crippen LogP contribution in [-0.2, 0) is 15.7 Å². The molecule has 1 aliphatic carbocycles. The van der Waals surface area contributed by atoms with E-state index in [0.29, 0.717) is 19.1 Å². The van der Waals surface area contributed by atoms with E-state index in [1.165, 1.54) is 12.3 Å². The summed E-state index contributed by atoms with van der Waals surface area (Å²) in [7, 11) is 0. The van der Waals surface area contributed by atoms with Gasteiger partial charge in [-0.05, 0) is 51.7 Å². The molecule has 30 heavy (non-hydrogen) atoms. The van der Waals surface area contributed by atoms with Gasteiger partial charge in [0.2, 0.25) is 5.88 Å². The minimum atomic E-state index is -4.52. The number of alkyl halides is 3. The predicted octanol–water partition coefficient (Wildman–Crippen LogP) is 3.16. The number of hydrogen-bond donors (Lipinski definition) is 2. The normalized spacial score (nSPS) is 19.8. The number of carbonyl (C=O) groups is 1. The first-order chi connectivity index (χ1) is 14.3. The fraction of sp³-hybridized carbons (Fsp3) is 0.650. The molecule has 2 N–H and O–H groups in total. The Hall–Kier alpha value is -2.52. The van der Waals surface area contributed by atoms with Crippen LogP contribution in [0.3, 0.4) is 0 Å². The van der Waals surface area contributed by atoms with E-state index in [1.807, 2.05) is 6.92 Å². The van der Waals surface area contributed by atoms with Crippen molar-refractivity contribution < 1.29 is 27.4 Å². The topological polar surface area (TPSA) is 84.8 Å². The summed E-state index contributed by atoms with van der Waals surface area (Å²) in [5.41, 5.74) is -0.905. The molecule has 0 bridgehead atoms. The number of carbonyl (C=O) groups excluding carboxylic acids is 1. The average Bonchev–Trinajstić information content (AvgIpc) is 2.71. The molecule has 1 aromatic rings. The van der Waals surface area contributed by atoms with Gasteiger partial charge in [-0.15, -0.1) is 0 Å². The van der Waals surface area contributed by atoms with Crippen LogP contribution in [0.25, 0.3) is 0 Å². The number of hydrogen-bond acceptors (Lipinski definition) is 5. The van der Waals surface area contributed by atoms with Crippen molar-refractivity contribution in [3.05, 3.63) is 23.9 Å². The van der Waals surface area contributed by atoms with Crippen LogP contribution in [0, 0.1) is 5.92 Å². The Kier molecular flexibility index (Phi) is 9.19. The molecule has 0 saturated heterocycles. The van der Waals surface area contributed by atoms with Crippen molar-refractivity contribution in [1.29, 1.82) is 0 Å². The minimum absolute atomic E-state index is 0.0354. The van der Waals surface area contributed by atoms with E-state index < -0.39 is 17.6 Å². The maximum Gasteiger partial charge on any atom is 0.421 e. The van der Waals surface area contributed by atoms with Crippen LogP contribution in [0.1, 0.15) is 45.1 Å². The lowest BCUT2D eigenvalue weighted by atomic mass is 9.86. The number of aromatic nitrogens is 1. The minimum Gasteiger partial charge on any atom is -0.475 e. The highest BCUT2D eigenvalue weighted by Gasteiger charge is 2.35. The number of pyridine rings is 1. The zero-order valence-corrected chi connectivity index (χ0v) is 17.3. The average molecular weight is 430 g/mol. The summed E-state index contributed by atoms with van der Waals surface area (Å²) in [5, 5.41) is 6.43. The first kappa shape index (κ1) is 23.8. The quantitative estimate of drug-likeness (QED) is 0.285. The second kappa shape index (κ2) is 11.6. The van der Waals surface area contributed by atoms with Crippen LogP contribution in [0.2, 0.25) is 0 Å². The molecule has 1 aromatic heterocycles. The van der Waals surface area contributed by atoms with Crippen LogP contribution in [0.4, 0.5) is 13.2 Å². The predicted molar refractivity (Wildman–Crippen MR) is 106 cm³/mol. The molecule has 0 spiro atoms. The third kappa shape index (κ3) is 7.38. The Morgan fingerprint density at radius 1 is 1.27 bits per heavy atom. The number of halogens is 3. The van der Waals surface area contributed by atoms with Gasteiger partial charge in [0, 0.05) is 18.8 Å². The lowest BCUT2D eigenvalue weighted by Gasteiger charge is -2.29. The molecular weight excluding hydrogens is 401 g/mol. The third-order valence-electron chi connectivity index (χ3n) is 4.71. The first-order valence-electron chi connectivity index (χ1n) is 10.2. The highest BCUT2D eigenvalue weighted by Crippen LogP contribution is 2.34. The maximum absolute atomic E-state index is 13.0. The number of guanidine groups is 1. The number of ether oxygens (including phenoxy) is 2. The van der Waals surface area contributed by atoms with Crippen LogP contribution < -0.4 is 15.4 Å². The SMILES string of the molecule is CCNC(=NCCOc1ncccc1C(F)(F)F)NC1CCC(C(=O)OCC)CC1. The van der Waals surface area contributed by atoms with Crippen molar-refractivity contribution in [2.24, 2.45) is 10.9 Å². The molecule has 2 rings (SSSR count). The zero-order chi connectivity index (χ0) is 22.0. The second-order valence-electron chi connectivity index (χ2n) is 6.91. The van der Waals surface area contributed by atoms with E-state index in [2.05, 4.69) is 20.6 Å². The van der Waals surface area contributed by atoms with Gasteiger partial charge in [0.15, 0.2) is 5.96 Å². The van der Waals surface area contributed by atoms with Gasteiger partial charge >= 0.3 is 12.1 Å². The molecule has 1 aliphatic rings. The van der Waals surface area contributed by atoms with Gasteiger partial charge < -0.3 is 20.1 Å². The lowest BCUT2D eigenvalue weighted by molar-refractivity contribution is -0.149. The Balaban J connectivity index is 1.84. The highest BCUT2D eigenvalue weighted by molar-refractivity contribution is 5.80. The van der Waals surface area contributed by atoms with Crippen molar-refractivity contribution in [3.63, 3.8) is 0 Å². The number of rotatable bonds is 8. The van der Waals surface area contributed by atoms with E-state index >= 15 is 0 Å². The summed E-state index contributed by atoms with van der Waals surface area (Å²) in [6.07, 6.45) is -0.143. The van der Waals surface area contributed by atoms with Gasteiger partial charge in [0.1, 0.15) is 12.2 Å². The van der Waals surface area contributed by atoms with Crippen LogP contribution in [0.5, 0.6) is 5.88 Å². The van der Waals surface area contributed by atoms with E-state index in [1.54, 1.807) is 6.92 Å². The van der Waals surface area contributed by atoms with E-state index in [-0.39, 0.29) is 31.1 Å². The molecule has 1 saturated carbocycles. The van der Waals surface area contributed by atoms with Gasteiger partial charge in [-0.3, -0.25) is 4.79 Å². The zero-order valence-electron chi connectivity index (χ0n) is 17.3. The van der Waals surface area contributed by atoms with Crippen molar-refractivity contribution in [3.8, 4) is 5.88 Å². The highest BCUT2D eigenvalue weighted by atomic mass is 19.4. The first-order valence-corrected chi connectivity index (χ1v) is 10.2. The molecule has 0 amide bonds. The number of aliphatic imine (C=N–C) groups is 1. The lowest BCUT2D eigenvalue weighted by Crippen LogP contribution is -2.45. The molecule has 7 nitrogen and oxygen atoms in total. The van der Waals surface area contributed by atoms with Crippen molar-refractivity contribution >= 4 is 11.9 Å². The van der Waals surface area contributed by atoms with Gasteiger partial charge in [0.05, 0.1) is 19.1 Å². The second-order valence-corrected chi connectivity index (χ2v) is 6.91. The molecule has 0 atom stereocenters. The monoisotopic (exact) mass is 430 g/mol. The van der Waals surface area contributed by atoms with Crippen molar-refractivity contribution in [2.75, 3.05) is 26.3 Å². The van der Waals surface area contributed by atoms with Crippen molar-refractivity contribution in [1.82, 2.24) is 15.6 Å². The fourth-order valence-electron chi connectivity index (χ4n) is 3.27. The Morgan fingerprint density at radius 3 is 2.63 bits per heavy atom. The summed E-state index contributed by atoms with van der Waals surface area (Å²) in [6.45, 7) is 4.89. The van der Waals surface area contributed by atoms with Crippen molar-refractivity contribution in [2.45, 2.75) is 51.7 Å². The smallest absolute Gasteiger partial charge is 0.421 e. The maximum atomic E-state index is 13.0. The Bertz CT molecular complexity index is 705. The Morgan fingerprint density at radius 2 is 2.00 bits per heavy atom. The van der Waals surface area contributed by atoms with E-state index in [0.717, 1.165) is 31.7 Å². The Labute approximate surface area is 174 Å². The standard InChI is InChI=1S/C20H29F3N4O3/c1-3-24-19(27-15-9-7-14(8-10-15)18(28)29-4-2)26-12-13-30-17-16(20(21,22)23)6-5-11-25-17/h5-6,11,14-15H,3-4,7-10,12-13H2,1-2H3,(H2,24,26,27). The molecule has 0 radical (unpaired) electrons. The summed E-state index contributed by atoms with van der Waals surface area (Å²) < 4.78 is 49.2. The van der Waals surface area contributed by atoms with Gasteiger partial charge in [0.25, 0.3) is 0 Å². The molecule has 10 heteroatoms. The molecule has 0 aromatic carbocycles. The van der Waals surface area contributed by atoms with E-state index in [4.69, 9.17) is 9.47 Å². The molecule has 1 heterocycles. The molecule has 0 aliphatic heterocycles. The summed E-state index contributed by atoms with van der Waals surface area (Å²) in [6, 6.07) is 2.32. The molecule has 168 valence electrons. The number of nitrogens with zero attached hydrogens (tertiary/aromatic N) is 2. The summed E-state index contributed by atoms with van der Waals surface area (Å²) in [4.78, 5) is 19.9. The summed E-state index contributed by atoms with van der Waals surface area (Å²) in [5.74, 6) is -0.0771. The fourth-order valence-corrected chi connectivity index (χ4v) is 3.27. The van der Waals surface area contributed by atoms with Gasteiger partial charge in [-0.2, -0.15) is 13.2 Å². The van der Waals surface area contributed by atoms with Crippen LogP contribution in [-0.4, -0.2) is 49.3 Å². The third-order valence-corrected chi connectivity index (χ3v) is 4.71. The molecular formula is C20H29F3N4O3. The van der Waals surface area contributed by atoms with Crippen LogP contribution >= 0.6 is 0 Å². The summed E-state index contributed by atoms with van der Waals surface area (Å²) >= 11 is 0. The van der Waals surface area contributed by atoms with Gasteiger partial charge in [-0.25, -0.2) is 9.98 Å². The molecule has 1 fully saturated rings. The van der Waals surface area contributed by atoms with Gasteiger partial charge in [-0.1, -0.05) is 0 Å². The van der Waals surface area contributed by atoms with Crippen LogP contribution in [0.15, 0.2) is 23.3 Å². The number of nitrogens with one attached hydrogen (secondary N) is 2. The van der Waals surface area contributed by atoms with E-state index in [9.17, 15) is 18.0 Å². The largest absolute Gasteiger partial charge is 0.475 e. The molecule has 0 unspecified atom stereocenters.